The lowest BCUT2D eigenvalue weighted by Gasteiger charge is -2.33. The summed E-state index contributed by atoms with van der Waals surface area (Å²) in [4.78, 5) is 26.3. The van der Waals surface area contributed by atoms with Crippen LogP contribution in [0.15, 0.2) is 18.5 Å². The van der Waals surface area contributed by atoms with Gasteiger partial charge in [0.1, 0.15) is 5.82 Å². The first-order valence-electron chi connectivity index (χ1n) is 8.12. The molecule has 0 unspecified atom stereocenters. The summed E-state index contributed by atoms with van der Waals surface area (Å²) in [5.41, 5.74) is 1.59. The fourth-order valence-corrected chi connectivity index (χ4v) is 2.97. The van der Waals surface area contributed by atoms with Crippen LogP contribution in [0.5, 0.6) is 0 Å². The first-order valence-corrected chi connectivity index (χ1v) is 8.12. The molecule has 3 heterocycles. The molecular weight excluding hydrogens is 292 g/mol. The first kappa shape index (κ1) is 15.9. The molecule has 0 radical (unpaired) electrons. The van der Waals surface area contributed by atoms with Crippen LogP contribution in [0.4, 0.5) is 0 Å². The topological polar surface area (TPSA) is 60.3 Å². The molecule has 0 amide bonds. The van der Waals surface area contributed by atoms with Crippen molar-refractivity contribution >= 4 is 17.0 Å². The summed E-state index contributed by atoms with van der Waals surface area (Å²) < 4.78 is 2.27. The van der Waals surface area contributed by atoms with Crippen LogP contribution in [0, 0.1) is 12.3 Å². The van der Waals surface area contributed by atoms with Crippen molar-refractivity contribution in [2.45, 2.75) is 46.6 Å². The van der Waals surface area contributed by atoms with Crippen LogP contribution in [0.1, 0.15) is 45.5 Å². The van der Waals surface area contributed by atoms with Crippen molar-refractivity contribution in [2.24, 2.45) is 5.41 Å². The van der Waals surface area contributed by atoms with E-state index in [0.717, 1.165) is 42.8 Å². The fourth-order valence-electron chi connectivity index (χ4n) is 2.97. The van der Waals surface area contributed by atoms with E-state index in [-0.39, 0.29) is 5.97 Å². The highest BCUT2D eigenvalue weighted by Gasteiger charge is 2.29. The Morgan fingerprint density at radius 3 is 2.65 bits per heavy atom. The predicted octanol–water partition coefficient (Wildman–Crippen LogP) is 2.88. The lowest BCUT2D eigenvalue weighted by Crippen LogP contribution is -2.39. The molecule has 0 aliphatic carbocycles. The second-order valence-corrected chi connectivity index (χ2v) is 7.18. The molecule has 0 spiro atoms. The van der Waals surface area contributed by atoms with E-state index in [1.807, 2.05) is 40.0 Å². The Kier molecular flexibility index (Phi) is 4.10. The number of aryl methyl sites for hydroxylation is 1. The van der Waals surface area contributed by atoms with Crippen LogP contribution >= 0.6 is 0 Å². The number of carbonyl (C=O) groups is 1. The highest BCUT2D eigenvalue weighted by atomic mass is 16.7. The highest BCUT2D eigenvalue weighted by Crippen LogP contribution is 2.29. The van der Waals surface area contributed by atoms with Gasteiger partial charge in [0, 0.05) is 25.3 Å². The number of imidazole rings is 1. The minimum absolute atomic E-state index is 0.176. The summed E-state index contributed by atoms with van der Waals surface area (Å²) >= 11 is 0. The Hall–Kier alpha value is -1.95. The average molecular weight is 316 g/mol. The van der Waals surface area contributed by atoms with Crippen LogP contribution in [-0.2, 0) is 9.63 Å². The van der Waals surface area contributed by atoms with Crippen LogP contribution in [-0.4, -0.2) is 38.7 Å². The van der Waals surface area contributed by atoms with Crippen LogP contribution < -0.4 is 0 Å². The zero-order valence-corrected chi connectivity index (χ0v) is 14.2. The molecule has 2 aromatic heterocycles. The smallest absolute Gasteiger partial charge is 0.330 e. The summed E-state index contributed by atoms with van der Waals surface area (Å²) in [5.74, 6) is 0.836. The summed E-state index contributed by atoms with van der Waals surface area (Å²) in [6.07, 6.45) is 5.51. The molecule has 6 nitrogen and oxygen atoms in total. The molecule has 0 N–H and O–H groups in total. The molecule has 1 aliphatic rings. The largest absolute Gasteiger partial charge is 0.367 e. The molecule has 6 heteroatoms. The number of hydroxylamine groups is 2. The maximum atomic E-state index is 12.0. The number of hydrogen-bond donors (Lipinski definition) is 0. The van der Waals surface area contributed by atoms with Crippen molar-refractivity contribution in [2.75, 3.05) is 13.1 Å². The van der Waals surface area contributed by atoms with Crippen molar-refractivity contribution in [1.82, 2.24) is 19.6 Å². The zero-order valence-electron chi connectivity index (χ0n) is 14.2. The molecule has 1 aliphatic heterocycles. The molecular formula is C17H24N4O2. The van der Waals surface area contributed by atoms with Crippen molar-refractivity contribution < 1.29 is 9.63 Å². The molecule has 2 aromatic rings. The zero-order chi connectivity index (χ0) is 16.6. The van der Waals surface area contributed by atoms with Gasteiger partial charge in [-0.15, -0.1) is 5.06 Å². The van der Waals surface area contributed by atoms with Gasteiger partial charge in [-0.3, -0.25) is 4.98 Å². The van der Waals surface area contributed by atoms with Gasteiger partial charge in [-0.05, 0) is 46.6 Å². The van der Waals surface area contributed by atoms with E-state index in [2.05, 4.69) is 14.5 Å². The van der Waals surface area contributed by atoms with Gasteiger partial charge in [-0.2, -0.15) is 0 Å². The van der Waals surface area contributed by atoms with E-state index in [1.165, 1.54) is 0 Å². The predicted molar refractivity (Wildman–Crippen MR) is 87.7 cm³/mol. The Morgan fingerprint density at radius 2 is 2.00 bits per heavy atom. The number of aromatic nitrogens is 3. The van der Waals surface area contributed by atoms with Gasteiger partial charge in [0.25, 0.3) is 0 Å². The molecule has 124 valence electrons. The Morgan fingerprint density at radius 1 is 1.30 bits per heavy atom. The number of fused-ring (bicyclic) bond motifs is 1. The van der Waals surface area contributed by atoms with E-state index in [9.17, 15) is 4.79 Å². The SMILES string of the molecule is Cc1nc2ccncc2n1C1CCN(OC(=O)C(C)(C)C)CC1. The van der Waals surface area contributed by atoms with Gasteiger partial charge in [-0.25, -0.2) is 9.78 Å². The van der Waals surface area contributed by atoms with Gasteiger partial charge >= 0.3 is 5.97 Å². The summed E-state index contributed by atoms with van der Waals surface area (Å²) in [7, 11) is 0. The molecule has 0 saturated carbocycles. The third kappa shape index (κ3) is 3.22. The molecule has 3 rings (SSSR count). The molecule has 0 atom stereocenters. The summed E-state index contributed by atoms with van der Waals surface area (Å²) in [5, 5.41) is 1.79. The summed E-state index contributed by atoms with van der Waals surface area (Å²) in [6.45, 7) is 9.13. The van der Waals surface area contributed by atoms with E-state index in [0.29, 0.717) is 6.04 Å². The molecule has 23 heavy (non-hydrogen) atoms. The van der Waals surface area contributed by atoms with E-state index in [4.69, 9.17) is 4.84 Å². The van der Waals surface area contributed by atoms with E-state index in [1.54, 1.807) is 11.3 Å². The van der Waals surface area contributed by atoms with Gasteiger partial charge in [-0.1, -0.05) is 0 Å². The number of carbonyl (C=O) groups excluding carboxylic acids is 1. The van der Waals surface area contributed by atoms with Gasteiger partial charge in [0.2, 0.25) is 0 Å². The normalized spacial score (nSPS) is 17.6. The Bertz CT molecular complexity index is 709. The van der Waals surface area contributed by atoms with E-state index < -0.39 is 5.41 Å². The van der Waals surface area contributed by atoms with Crippen LogP contribution in [0.25, 0.3) is 11.0 Å². The van der Waals surface area contributed by atoms with E-state index >= 15 is 0 Å². The maximum Gasteiger partial charge on any atom is 0.330 e. The summed E-state index contributed by atoms with van der Waals surface area (Å²) in [6, 6.07) is 2.31. The fraction of sp³-hybridized carbons (Fsp3) is 0.588. The molecule has 0 bridgehead atoms. The minimum Gasteiger partial charge on any atom is -0.367 e. The van der Waals surface area contributed by atoms with Gasteiger partial charge in [0.15, 0.2) is 0 Å². The molecule has 0 aromatic carbocycles. The van der Waals surface area contributed by atoms with Crippen molar-refractivity contribution in [1.29, 1.82) is 0 Å². The number of rotatable bonds is 2. The number of hydrogen-bond acceptors (Lipinski definition) is 5. The Balaban J connectivity index is 1.69. The van der Waals surface area contributed by atoms with Crippen molar-refractivity contribution in [3.05, 3.63) is 24.3 Å². The number of nitrogens with zero attached hydrogens (tertiary/aromatic N) is 4. The van der Waals surface area contributed by atoms with Crippen LogP contribution in [0.2, 0.25) is 0 Å². The lowest BCUT2D eigenvalue weighted by atomic mass is 9.98. The van der Waals surface area contributed by atoms with Crippen molar-refractivity contribution in [3.63, 3.8) is 0 Å². The van der Waals surface area contributed by atoms with Crippen molar-refractivity contribution in [3.8, 4) is 0 Å². The molecule has 1 saturated heterocycles. The monoisotopic (exact) mass is 316 g/mol. The van der Waals surface area contributed by atoms with Crippen LogP contribution in [0.3, 0.4) is 0 Å². The maximum absolute atomic E-state index is 12.0. The average Bonchev–Trinajstić information content (AvgIpc) is 2.83. The second-order valence-electron chi connectivity index (χ2n) is 7.18. The third-order valence-electron chi connectivity index (χ3n) is 4.28. The Labute approximate surface area is 136 Å². The second kappa shape index (κ2) is 5.92. The van der Waals surface area contributed by atoms with Gasteiger partial charge < -0.3 is 9.40 Å². The lowest BCUT2D eigenvalue weighted by molar-refractivity contribution is -0.205. The third-order valence-corrected chi connectivity index (χ3v) is 4.28. The number of pyridine rings is 1. The van der Waals surface area contributed by atoms with Gasteiger partial charge in [0.05, 0.1) is 22.6 Å². The highest BCUT2D eigenvalue weighted by molar-refractivity contribution is 5.75. The quantitative estimate of drug-likeness (QED) is 0.852. The minimum atomic E-state index is -0.473. The molecule has 1 fully saturated rings. The standard InChI is InChI=1S/C17H24N4O2/c1-12-19-14-5-8-18-11-15(14)21(12)13-6-9-20(10-7-13)23-16(22)17(2,3)4/h5,8,11,13H,6-7,9-10H2,1-4H3. The first-order chi connectivity index (χ1) is 10.9. The number of piperidine rings is 1.